The molecule has 100 valence electrons. The number of nitrogens with zero attached hydrogens (tertiary/aromatic N) is 2. The lowest BCUT2D eigenvalue weighted by molar-refractivity contribution is -0.362. The normalized spacial score (nSPS) is 20.1. The number of fused-ring (bicyclic) bond motifs is 2. The van der Waals surface area contributed by atoms with E-state index in [1.165, 1.54) is 0 Å². The number of hydrogen-bond donors (Lipinski definition) is 1. The molecule has 0 radical (unpaired) electrons. The van der Waals surface area contributed by atoms with E-state index in [1.807, 2.05) is 6.92 Å². The Bertz CT molecular complexity index is 683. The van der Waals surface area contributed by atoms with Gasteiger partial charge in [-0.2, -0.15) is 0 Å². The molecule has 1 aromatic heterocycles. The van der Waals surface area contributed by atoms with Crippen LogP contribution in [0.15, 0.2) is 23.4 Å². The molecule has 19 heavy (non-hydrogen) atoms. The van der Waals surface area contributed by atoms with Crippen molar-refractivity contribution < 1.29 is 18.2 Å². The summed E-state index contributed by atoms with van der Waals surface area (Å²) >= 11 is 0. The highest BCUT2D eigenvalue weighted by molar-refractivity contribution is 6.58. The van der Waals surface area contributed by atoms with Crippen LogP contribution in [-0.2, 0) is 6.61 Å². The average Bonchev–Trinajstić information content (AvgIpc) is 2.78. The number of aromatic nitrogens is 1. The summed E-state index contributed by atoms with van der Waals surface area (Å²) in [6.45, 7) is 1.04. The van der Waals surface area contributed by atoms with Crippen LogP contribution in [0, 0.1) is 6.92 Å². The summed E-state index contributed by atoms with van der Waals surface area (Å²) in [6, 6.07) is 1.62. The minimum atomic E-state index is -3.89. The first-order chi connectivity index (χ1) is 8.87. The molecule has 3 rings (SSSR count). The minimum Gasteiger partial charge on any atom is -0.394 e. The Kier molecular flexibility index (Phi) is 2.38. The number of rotatable bonds is 1. The monoisotopic (exact) mass is 264 g/mol. The second-order valence-corrected chi connectivity index (χ2v) is 5.18. The molecular weight excluding hydrogens is 249 g/mol. The molecule has 2 aliphatic heterocycles. The Hall–Kier alpha value is -1.69. The summed E-state index contributed by atoms with van der Waals surface area (Å²) in [4.78, 5) is 0. The topological polar surface area (TPSA) is 28.2 Å². The second kappa shape index (κ2) is 3.66. The number of hydrogen-bond acceptors (Lipinski definition) is 1. The maximum absolute atomic E-state index is 14.8. The van der Waals surface area contributed by atoms with E-state index < -0.39 is 6.97 Å². The summed E-state index contributed by atoms with van der Waals surface area (Å²) in [5.74, 6) is 0. The van der Waals surface area contributed by atoms with Gasteiger partial charge in [-0.25, -0.2) is 0 Å². The van der Waals surface area contributed by atoms with Crippen LogP contribution < -0.4 is 0 Å². The number of aliphatic hydroxyl groups is 1. The third kappa shape index (κ3) is 1.43. The highest BCUT2D eigenvalue weighted by Gasteiger charge is 2.52. The van der Waals surface area contributed by atoms with Crippen LogP contribution in [0.4, 0.5) is 8.63 Å². The maximum atomic E-state index is 14.8. The summed E-state index contributed by atoms with van der Waals surface area (Å²) in [6.07, 6.45) is 3.50. The van der Waals surface area contributed by atoms with Crippen LogP contribution in [0.2, 0.25) is 0 Å². The molecule has 0 atom stereocenters. The van der Waals surface area contributed by atoms with Crippen molar-refractivity contribution in [3.63, 3.8) is 0 Å². The zero-order valence-electron chi connectivity index (χ0n) is 11.1. The van der Waals surface area contributed by atoms with Crippen LogP contribution in [0.1, 0.15) is 30.8 Å². The van der Waals surface area contributed by atoms with E-state index in [0.29, 0.717) is 28.4 Å². The van der Waals surface area contributed by atoms with Gasteiger partial charge in [-0.05, 0) is 31.2 Å². The van der Waals surface area contributed by atoms with Crippen molar-refractivity contribution in [2.45, 2.75) is 27.4 Å². The van der Waals surface area contributed by atoms with Crippen molar-refractivity contribution >= 4 is 18.8 Å². The first-order valence-electron chi connectivity index (χ1n) is 6.25. The number of aliphatic hydroxyl groups excluding tert-OH is 1. The molecule has 0 bridgehead atoms. The molecule has 0 unspecified atom stereocenters. The summed E-state index contributed by atoms with van der Waals surface area (Å²) in [5, 5.41) is 9.32. The van der Waals surface area contributed by atoms with E-state index in [0.717, 1.165) is 14.5 Å². The molecule has 1 aromatic rings. The van der Waals surface area contributed by atoms with Crippen LogP contribution in [0.25, 0.3) is 6.08 Å². The largest absolute Gasteiger partial charge is 0.737 e. The van der Waals surface area contributed by atoms with Crippen molar-refractivity contribution in [3.05, 3.63) is 40.4 Å². The molecule has 6 heteroatoms. The van der Waals surface area contributed by atoms with Gasteiger partial charge in [0, 0.05) is 30.3 Å². The molecule has 1 N–H and O–H groups in total. The predicted octanol–water partition coefficient (Wildman–Crippen LogP) is 2.30. The predicted molar refractivity (Wildman–Crippen MR) is 71.1 cm³/mol. The lowest BCUT2D eigenvalue weighted by atomic mass is 9.89. The quantitative estimate of drug-likeness (QED) is 0.774. The molecule has 0 aromatic carbocycles. The van der Waals surface area contributed by atoms with Gasteiger partial charge in [-0.1, -0.05) is 0 Å². The lowest BCUT2D eigenvalue weighted by Gasteiger charge is -2.30. The molecule has 0 saturated carbocycles. The molecule has 0 fully saturated rings. The molecule has 0 saturated heterocycles. The van der Waals surface area contributed by atoms with Gasteiger partial charge in [-0.3, -0.25) is 0 Å². The van der Waals surface area contributed by atoms with Crippen LogP contribution in [-0.4, -0.2) is 26.8 Å². The summed E-state index contributed by atoms with van der Waals surface area (Å²) in [5.41, 5.74) is 3.34. The van der Waals surface area contributed by atoms with E-state index in [2.05, 4.69) is 0 Å². The smallest absolute Gasteiger partial charge is 0.394 e. The van der Waals surface area contributed by atoms with Crippen LogP contribution in [0.5, 0.6) is 0 Å². The SMILES string of the molecule is CC1=CC(C)=[N+]2C1=Cc1c(CO)cc(C)n1[B-]2(F)F. The molecular formula is C13H15BF2N2O. The second-order valence-electron chi connectivity index (χ2n) is 5.18. The van der Waals surface area contributed by atoms with E-state index in [1.54, 1.807) is 32.1 Å². The average molecular weight is 264 g/mol. The highest BCUT2D eigenvalue weighted by Crippen LogP contribution is 2.36. The van der Waals surface area contributed by atoms with Gasteiger partial charge in [0.2, 0.25) is 0 Å². The standard InChI is InChI=1S/C13H15BF2N2O/c1-8-4-9(2)17-12(8)6-13-11(7-19)5-10(3)18(13)14(17,15)16/h4-6,19H,7H2,1-3H3. The van der Waals surface area contributed by atoms with Gasteiger partial charge in [0.15, 0.2) is 5.70 Å². The fraction of sp³-hybridized carbons (Fsp3) is 0.308. The minimum absolute atomic E-state index is 0.232. The third-order valence-electron chi connectivity index (χ3n) is 3.89. The molecule has 0 amide bonds. The van der Waals surface area contributed by atoms with Crippen molar-refractivity contribution in [3.8, 4) is 0 Å². The lowest BCUT2D eigenvalue weighted by Crippen LogP contribution is -2.50. The number of allylic oxidation sites excluding steroid dienone is 2. The van der Waals surface area contributed by atoms with Gasteiger partial charge >= 0.3 is 6.97 Å². The summed E-state index contributed by atoms with van der Waals surface area (Å²) in [7, 11) is 0. The Balaban J connectivity index is 2.37. The fourth-order valence-electron chi connectivity index (χ4n) is 3.12. The van der Waals surface area contributed by atoms with Gasteiger partial charge in [0.05, 0.1) is 6.61 Å². The van der Waals surface area contributed by atoms with Gasteiger partial charge in [-0.15, -0.1) is 0 Å². The Morgan fingerprint density at radius 3 is 2.58 bits per heavy atom. The van der Waals surface area contributed by atoms with Crippen LogP contribution >= 0.6 is 0 Å². The molecule has 0 aliphatic carbocycles. The molecule has 3 heterocycles. The highest BCUT2D eigenvalue weighted by atomic mass is 19.2. The summed E-state index contributed by atoms with van der Waals surface area (Å²) < 4.78 is 31.7. The van der Waals surface area contributed by atoms with Crippen LogP contribution in [0.3, 0.4) is 0 Å². The first-order valence-corrected chi connectivity index (χ1v) is 6.25. The third-order valence-corrected chi connectivity index (χ3v) is 3.89. The van der Waals surface area contributed by atoms with Gasteiger partial charge < -0.3 is 22.7 Å². The Morgan fingerprint density at radius 2 is 1.95 bits per heavy atom. The number of halogens is 2. The number of aryl methyl sites for hydroxylation is 1. The van der Waals surface area contributed by atoms with E-state index >= 15 is 0 Å². The fourth-order valence-corrected chi connectivity index (χ4v) is 3.12. The Morgan fingerprint density at radius 1 is 1.26 bits per heavy atom. The van der Waals surface area contributed by atoms with E-state index in [9.17, 15) is 13.7 Å². The van der Waals surface area contributed by atoms with E-state index in [4.69, 9.17) is 0 Å². The van der Waals surface area contributed by atoms with E-state index in [-0.39, 0.29) is 6.61 Å². The zero-order valence-corrected chi connectivity index (χ0v) is 11.1. The van der Waals surface area contributed by atoms with Crippen molar-refractivity contribution in [2.24, 2.45) is 0 Å². The zero-order chi connectivity index (χ0) is 13.9. The van der Waals surface area contributed by atoms with Gasteiger partial charge in [0.25, 0.3) is 0 Å². The van der Waals surface area contributed by atoms with Crippen molar-refractivity contribution in [1.29, 1.82) is 0 Å². The molecule has 2 aliphatic rings. The van der Waals surface area contributed by atoms with Crippen molar-refractivity contribution in [2.75, 3.05) is 0 Å². The molecule has 3 nitrogen and oxygen atoms in total. The Labute approximate surface area is 110 Å². The van der Waals surface area contributed by atoms with Gasteiger partial charge in [0.1, 0.15) is 5.71 Å². The molecule has 0 spiro atoms. The first kappa shape index (κ1) is 12.4. The van der Waals surface area contributed by atoms with Crippen molar-refractivity contribution in [1.82, 2.24) is 4.48 Å². The maximum Gasteiger partial charge on any atom is 0.737 e.